The van der Waals surface area contributed by atoms with Gasteiger partial charge in [-0.3, -0.25) is 10.1 Å². The van der Waals surface area contributed by atoms with Gasteiger partial charge in [-0.15, -0.1) is 21.5 Å². The number of carbonyl (C=O) groups excluding carboxylic acids is 1. The lowest BCUT2D eigenvalue weighted by atomic mass is 10.1. The highest BCUT2D eigenvalue weighted by atomic mass is 32.1. The summed E-state index contributed by atoms with van der Waals surface area (Å²) in [5.41, 5.74) is 2.19. The molecular weight excluding hydrogens is 392 g/mol. The van der Waals surface area contributed by atoms with Gasteiger partial charge in [0.25, 0.3) is 5.91 Å². The maximum Gasteiger partial charge on any atom is 0.267 e. The first kappa shape index (κ1) is 19.0. The summed E-state index contributed by atoms with van der Waals surface area (Å²) in [6.45, 7) is 7.19. The molecule has 6 nitrogen and oxygen atoms in total. The first-order valence-corrected chi connectivity index (χ1v) is 10.9. The first-order chi connectivity index (χ1) is 13.6. The van der Waals surface area contributed by atoms with Crippen LogP contribution in [0.25, 0.3) is 11.1 Å². The number of nitrogens with zero attached hydrogens (tertiary/aromatic N) is 3. The fraction of sp³-hybridized carbons (Fsp3) is 0.350. The molecule has 1 amide bonds. The summed E-state index contributed by atoms with van der Waals surface area (Å²) in [4.78, 5) is 15.8. The van der Waals surface area contributed by atoms with Crippen LogP contribution >= 0.6 is 22.7 Å². The van der Waals surface area contributed by atoms with Crippen molar-refractivity contribution in [2.45, 2.75) is 19.8 Å². The summed E-state index contributed by atoms with van der Waals surface area (Å²) in [5.74, 6) is 0.149. The number of anilines is 2. The van der Waals surface area contributed by atoms with Gasteiger partial charge in [-0.1, -0.05) is 55.5 Å². The summed E-state index contributed by atoms with van der Waals surface area (Å²) < 4.78 is 5.49. The maximum atomic E-state index is 12.9. The fourth-order valence-electron chi connectivity index (χ4n) is 3.00. The van der Waals surface area contributed by atoms with E-state index >= 15 is 0 Å². The Morgan fingerprint density at radius 2 is 1.89 bits per heavy atom. The second-order valence-corrected chi connectivity index (χ2v) is 8.89. The van der Waals surface area contributed by atoms with Gasteiger partial charge in [0.2, 0.25) is 5.13 Å². The summed E-state index contributed by atoms with van der Waals surface area (Å²) in [7, 11) is 0. The van der Waals surface area contributed by atoms with Gasteiger partial charge in [0.15, 0.2) is 0 Å². The van der Waals surface area contributed by atoms with Gasteiger partial charge in [-0.2, -0.15) is 0 Å². The second kappa shape index (κ2) is 8.38. The van der Waals surface area contributed by atoms with E-state index in [9.17, 15) is 4.79 Å². The number of carbonyl (C=O) groups is 1. The van der Waals surface area contributed by atoms with Gasteiger partial charge >= 0.3 is 0 Å². The highest BCUT2D eigenvalue weighted by Gasteiger charge is 2.22. The zero-order valence-electron chi connectivity index (χ0n) is 15.8. The molecule has 1 fully saturated rings. The van der Waals surface area contributed by atoms with Gasteiger partial charge in [-0.05, 0) is 11.6 Å². The van der Waals surface area contributed by atoms with E-state index < -0.39 is 0 Å². The van der Waals surface area contributed by atoms with Crippen molar-refractivity contribution in [1.29, 1.82) is 0 Å². The highest BCUT2D eigenvalue weighted by molar-refractivity contribution is 7.19. The van der Waals surface area contributed by atoms with E-state index in [2.05, 4.69) is 46.4 Å². The van der Waals surface area contributed by atoms with Crippen molar-refractivity contribution in [3.63, 3.8) is 0 Å². The Hall–Kier alpha value is -2.29. The molecule has 28 heavy (non-hydrogen) atoms. The van der Waals surface area contributed by atoms with Gasteiger partial charge in [0.1, 0.15) is 5.01 Å². The van der Waals surface area contributed by atoms with Gasteiger partial charge in [-0.25, -0.2) is 0 Å². The standard InChI is InChI=1S/C20H22N4O2S2/c1-13(2)18-22-23-20(28-18)21-17(25)16-12-15(14-6-4-3-5-7-14)19(27-16)24-8-10-26-11-9-24/h3-7,12-13H,8-11H2,1-2H3,(H,21,23,25). The predicted molar refractivity (Wildman–Crippen MR) is 115 cm³/mol. The first-order valence-electron chi connectivity index (χ1n) is 9.28. The van der Waals surface area contributed by atoms with Crippen molar-refractivity contribution in [3.05, 3.63) is 46.3 Å². The van der Waals surface area contributed by atoms with Crippen molar-refractivity contribution in [2.75, 3.05) is 36.5 Å². The predicted octanol–water partition coefficient (Wildman–Crippen LogP) is 4.48. The molecule has 0 saturated carbocycles. The van der Waals surface area contributed by atoms with Crippen LogP contribution < -0.4 is 10.2 Å². The minimum Gasteiger partial charge on any atom is -0.378 e. The van der Waals surface area contributed by atoms with E-state index in [4.69, 9.17) is 4.74 Å². The van der Waals surface area contributed by atoms with Crippen LogP contribution in [0.1, 0.15) is 34.4 Å². The molecule has 146 valence electrons. The third-order valence-electron chi connectivity index (χ3n) is 4.47. The maximum absolute atomic E-state index is 12.9. The third-order valence-corrected chi connectivity index (χ3v) is 6.81. The SMILES string of the molecule is CC(C)c1nnc(NC(=O)c2cc(-c3ccccc3)c(N3CCOCC3)s2)s1. The molecule has 0 atom stereocenters. The lowest BCUT2D eigenvalue weighted by Crippen LogP contribution is -2.35. The molecule has 1 N–H and O–H groups in total. The summed E-state index contributed by atoms with van der Waals surface area (Å²) in [6, 6.07) is 12.2. The molecule has 3 aromatic rings. The fourth-order valence-corrected chi connectivity index (χ4v) is 4.86. The van der Waals surface area contributed by atoms with Gasteiger partial charge in [0.05, 0.1) is 23.1 Å². The molecule has 2 aromatic heterocycles. The molecule has 3 heterocycles. The molecule has 1 aliphatic rings. The van der Waals surface area contributed by atoms with Crippen LogP contribution in [0.2, 0.25) is 0 Å². The van der Waals surface area contributed by atoms with E-state index in [1.54, 1.807) is 0 Å². The van der Waals surface area contributed by atoms with Crippen molar-refractivity contribution >= 4 is 38.7 Å². The lowest BCUT2D eigenvalue weighted by Gasteiger charge is -2.28. The highest BCUT2D eigenvalue weighted by Crippen LogP contribution is 2.39. The van der Waals surface area contributed by atoms with Crippen LogP contribution in [0.3, 0.4) is 0 Å². The number of hydrogen-bond acceptors (Lipinski definition) is 7. The number of aromatic nitrogens is 2. The Morgan fingerprint density at radius 1 is 1.14 bits per heavy atom. The minimum absolute atomic E-state index is 0.145. The van der Waals surface area contributed by atoms with E-state index in [0.29, 0.717) is 29.1 Å². The third kappa shape index (κ3) is 4.09. The molecule has 0 bridgehead atoms. The molecule has 0 aliphatic carbocycles. The minimum atomic E-state index is -0.145. The molecule has 1 aromatic carbocycles. The molecule has 8 heteroatoms. The van der Waals surface area contributed by atoms with Crippen molar-refractivity contribution < 1.29 is 9.53 Å². The number of benzene rings is 1. The molecule has 4 rings (SSSR count). The summed E-state index contributed by atoms with van der Waals surface area (Å²) >= 11 is 2.94. The zero-order valence-corrected chi connectivity index (χ0v) is 17.5. The van der Waals surface area contributed by atoms with E-state index in [0.717, 1.165) is 34.2 Å². The van der Waals surface area contributed by atoms with Crippen molar-refractivity contribution in [2.24, 2.45) is 0 Å². The Balaban J connectivity index is 1.63. The zero-order chi connectivity index (χ0) is 19.5. The monoisotopic (exact) mass is 414 g/mol. The molecular formula is C20H22N4O2S2. The largest absolute Gasteiger partial charge is 0.378 e. The van der Waals surface area contributed by atoms with Gasteiger partial charge in [0, 0.05) is 24.6 Å². The summed E-state index contributed by atoms with van der Waals surface area (Å²) in [5, 5.41) is 13.7. The van der Waals surface area contributed by atoms with Gasteiger partial charge < -0.3 is 9.64 Å². The van der Waals surface area contributed by atoms with Crippen molar-refractivity contribution in [1.82, 2.24) is 10.2 Å². The topological polar surface area (TPSA) is 67.4 Å². The number of ether oxygens (including phenoxy) is 1. The average Bonchev–Trinajstić information content (AvgIpc) is 3.37. The molecule has 1 saturated heterocycles. The molecule has 1 aliphatic heterocycles. The second-order valence-electron chi connectivity index (χ2n) is 6.85. The summed E-state index contributed by atoms with van der Waals surface area (Å²) in [6.07, 6.45) is 0. The van der Waals surface area contributed by atoms with Crippen LogP contribution in [0.15, 0.2) is 36.4 Å². The number of amides is 1. The van der Waals surface area contributed by atoms with E-state index in [1.165, 1.54) is 22.7 Å². The van der Waals surface area contributed by atoms with Crippen LogP contribution in [0.5, 0.6) is 0 Å². The smallest absolute Gasteiger partial charge is 0.267 e. The molecule has 0 spiro atoms. The molecule has 0 unspecified atom stereocenters. The van der Waals surface area contributed by atoms with Crippen LogP contribution in [0.4, 0.5) is 10.1 Å². The Labute approximate surface area is 172 Å². The Morgan fingerprint density at radius 3 is 2.57 bits per heavy atom. The Kier molecular flexibility index (Phi) is 5.70. The van der Waals surface area contributed by atoms with Crippen LogP contribution in [-0.2, 0) is 4.74 Å². The van der Waals surface area contributed by atoms with E-state index in [1.807, 2.05) is 24.3 Å². The Bertz CT molecular complexity index is 946. The number of morpholine rings is 1. The number of hydrogen-bond donors (Lipinski definition) is 1. The number of thiophene rings is 1. The van der Waals surface area contributed by atoms with Crippen LogP contribution in [-0.4, -0.2) is 42.4 Å². The number of nitrogens with one attached hydrogen (secondary N) is 1. The number of rotatable bonds is 5. The lowest BCUT2D eigenvalue weighted by molar-refractivity contribution is 0.103. The average molecular weight is 415 g/mol. The molecule has 0 radical (unpaired) electrons. The quantitative estimate of drug-likeness (QED) is 0.667. The van der Waals surface area contributed by atoms with Crippen LogP contribution in [0, 0.1) is 0 Å². The normalized spacial score (nSPS) is 14.5. The van der Waals surface area contributed by atoms with Crippen molar-refractivity contribution in [3.8, 4) is 11.1 Å². The van der Waals surface area contributed by atoms with E-state index in [-0.39, 0.29) is 5.91 Å².